The van der Waals surface area contributed by atoms with Crippen LogP contribution in [0.5, 0.6) is 0 Å². The Balaban J connectivity index is 1.92. The lowest BCUT2D eigenvalue weighted by atomic mass is 10.0. The van der Waals surface area contributed by atoms with Crippen molar-refractivity contribution in [3.8, 4) is 17.1 Å². The van der Waals surface area contributed by atoms with Crippen molar-refractivity contribution in [1.29, 1.82) is 0 Å². The summed E-state index contributed by atoms with van der Waals surface area (Å²) in [5.41, 5.74) is 6.66. The molecule has 0 aliphatic carbocycles. The fourth-order valence-corrected chi connectivity index (χ4v) is 2.99. The van der Waals surface area contributed by atoms with Crippen LogP contribution < -0.4 is 0 Å². The van der Waals surface area contributed by atoms with Crippen molar-refractivity contribution in [2.24, 2.45) is 0 Å². The minimum Gasteiger partial charge on any atom is -0.425 e. The first kappa shape index (κ1) is 13.6. The van der Waals surface area contributed by atoms with Gasteiger partial charge in [0.25, 0.3) is 0 Å². The van der Waals surface area contributed by atoms with Crippen LogP contribution in [0.2, 0.25) is 0 Å². The monoisotopic (exact) mass is 305 g/mol. The molecule has 3 aromatic heterocycles. The maximum absolute atomic E-state index is 5.19. The van der Waals surface area contributed by atoms with Crippen LogP contribution in [0.4, 0.5) is 0 Å². The molecule has 0 N–H and O–H groups in total. The predicted octanol–water partition coefficient (Wildman–Crippen LogP) is 3.40. The van der Waals surface area contributed by atoms with E-state index in [0.29, 0.717) is 11.2 Å². The first-order valence-electron chi connectivity index (χ1n) is 7.31. The largest absolute Gasteiger partial charge is 0.425 e. The molecule has 23 heavy (non-hydrogen) atoms. The molecule has 0 saturated carbocycles. The van der Waals surface area contributed by atoms with E-state index in [4.69, 9.17) is 4.42 Å². The fraction of sp³-hybridized carbons (Fsp3) is 0.176. The number of oxazole rings is 1. The average molecular weight is 305 g/mol. The lowest BCUT2D eigenvalue weighted by Gasteiger charge is -2.13. The zero-order valence-corrected chi connectivity index (χ0v) is 13.1. The van der Waals surface area contributed by atoms with E-state index in [-0.39, 0.29) is 0 Å². The maximum atomic E-state index is 5.19. The molecule has 0 radical (unpaired) electrons. The molecule has 0 aliphatic rings. The zero-order chi connectivity index (χ0) is 16.0. The summed E-state index contributed by atoms with van der Waals surface area (Å²) >= 11 is 0. The van der Waals surface area contributed by atoms with E-state index < -0.39 is 0 Å². The SMILES string of the molecule is Cc1cc(C)c(-n2ncnc2-c2cnc3ocnc3c2)c(C)c1. The van der Waals surface area contributed by atoms with Crippen molar-refractivity contribution >= 4 is 11.2 Å². The minimum atomic E-state index is 0.516. The number of benzene rings is 1. The molecule has 0 unspecified atom stereocenters. The summed E-state index contributed by atoms with van der Waals surface area (Å²) < 4.78 is 7.05. The van der Waals surface area contributed by atoms with Crippen LogP contribution in [-0.2, 0) is 0 Å². The van der Waals surface area contributed by atoms with Crippen LogP contribution in [0.15, 0.2) is 41.5 Å². The first-order valence-corrected chi connectivity index (χ1v) is 7.31. The van der Waals surface area contributed by atoms with Gasteiger partial charge in [0.05, 0.1) is 5.69 Å². The molecule has 4 rings (SSSR count). The Labute approximate surface area is 132 Å². The van der Waals surface area contributed by atoms with Gasteiger partial charge in [0.1, 0.15) is 11.8 Å². The van der Waals surface area contributed by atoms with Gasteiger partial charge < -0.3 is 4.42 Å². The quantitative estimate of drug-likeness (QED) is 0.567. The molecule has 0 amide bonds. The van der Waals surface area contributed by atoms with Crippen molar-refractivity contribution in [2.45, 2.75) is 20.8 Å². The molecule has 0 saturated heterocycles. The highest BCUT2D eigenvalue weighted by atomic mass is 16.3. The molecule has 0 fully saturated rings. The highest BCUT2D eigenvalue weighted by Crippen LogP contribution is 2.26. The van der Waals surface area contributed by atoms with E-state index in [2.05, 4.69) is 53.0 Å². The maximum Gasteiger partial charge on any atom is 0.246 e. The van der Waals surface area contributed by atoms with Gasteiger partial charge in [-0.25, -0.2) is 19.6 Å². The summed E-state index contributed by atoms with van der Waals surface area (Å²) in [5, 5.41) is 4.42. The third-order valence-corrected chi connectivity index (χ3v) is 3.84. The molecule has 0 bridgehead atoms. The van der Waals surface area contributed by atoms with Crippen molar-refractivity contribution in [3.05, 3.63) is 53.8 Å². The molecule has 0 spiro atoms. The van der Waals surface area contributed by atoms with E-state index in [1.54, 1.807) is 12.5 Å². The van der Waals surface area contributed by atoms with Crippen LogP contribution in [0, 0.1) is 20.8 Å². The molecule has 6 nitrogen and oxygen atoms in total. The van der Waals surface area contributed by atoms with Gasteiger partial charge in [-0.2, -0.15) is 5.10 Å². The van der Waals surface area contributed by atoms with Gasteiger partial charge in [0.2, 0.25) is 5.71 Å². The summed E-state index contributed by atoms with van der Waals surface area (Å²) in [4.78, 5) is 12.8. The van der Waals surface area contributed by atoms with Crippen LogP contribution >= 0.6 is 0 Å². The van der Waals surface area contributed by atoms with Crippen molar-refractivity contribution in [3.63, 3.8) is 0 Å². The van der Waals surface area contributed by atoms with Crippen molar-refractivity contribution in [1.82, 2.24) is 24.7 Å². The number of aromatic nitrogens is 5. The van der Waals surface area contributed by atoms with Gasteiger partial charge >= 0.3 is 0 Å². The fourth-order valence-electron chi connectivity index (χ4n) is 2.99. The van der Waals surface area contributed by atoms with E-state index in [1.165, 1.54) is 12.0 Å². The molecule has 6 heteroatoms. The van der Waals surface area contributed by atoms with E-state index in [1.807, 2.05) is 10.7 Å². The molecule has 3 heterocycles. The second kappa shape index (κ2) is 5.01. The second-order valence-corrected chi connectivity index (χ2v) is 5.64. The topological polar surface area (TPSA) is 69.6 Å². The number of aryl methyl sites for hydroxylation is 3. The van der Waals surface area contributed by atoms with Gasteiger partial charge in [-0.05, 0) is 38.0 Å². The number of nitrogens with zero attached hydrogens (tertiary/aromatic N) is 5. The Morgan fingerprint density at radius 1 is 0.957 bits per heavy atom. The lowest BCUT2D eigenvalue weighted by Crippen LogP contribution is -2.05. The number of pyridine rings is 1. The predicted molar refractivity (Wildman–Crippen MR) is 86.4 cm³/mol. The van der Waals surface area contributed by atoms with E-state index in [0.717, 1.165) is 28.2 Å². The highest BCUT2D eigenvalue weighted by Gasteiger charge is 2.15. The van der Waals surface area contributed by atoms with Crippen LogP contribution in [-0.4, -0.2) is 24.7 Å². The summed E-state index contributed by atoms with van der Waals surface area (Å²) in [6.45, 7) is 6.26. The van der Waals surface area contributed by atoms with Crippen molar-refractivity contribution < 1.29 is 4.42 Å². The Morgan fingerprint density at radius 3 is 2.52 bits per heavy atom. The van der Waals surface area contributed by atoms with E-state index >= 15 is 0 Å². The Kier molecular flexibility index (Phi) is 2.97. The normalized spacial score (nSPS) is 11.3. The Bertz CT molecular complexity index is 992. The molecule has 1 aromatic carbocycles. The standard InChI is InChI=1S/C17H15N5O/c1-10-4-11(2)15(12(3)5-10)22-16(19-8-21-22)13-6-14-17(18-7-13)23-9-20-14/h4-9H,1-3H3. The van der Waals surface area contributed by atoms with Crippen LogP contribution in [0.1, 0.15) is 16.7 Å². The summed E-state index contributed by atoms with van der Waals surface area (Å²) in [7, 11) is 0. The Hall–Kier alpha value is -3.02. The molecular weight excluding hydrogens is 290 g/mol. The number of hydrogen-bond donors (Lipinski definition) is 0. The highest BCUT2D eigenvalue weighted by molar-refractivity contribution is 5.74. The lowest BCUT2D eigenvalue weighted by molar-refractivity contribution is 0.590. The minimum absolute atomic E-state index is 0.516. The number of fused-ring (bicyclic) bond motifs is 1. The van der Waals surface area contributed by atoms with Crippen molar-refractivity contribution in [2.75, 3.05) is 0 Å². The molecule has 114 valence electrons. The average Bonchev–Trinajstić information content (AvgIpc) is 3.13. The van der Waals surface area contributed by atoms with Gasteiger partial charge in [0.15, 0.2) is 12.2 Å². The van der Waals surface area contributed by atoms with Gasteiger partial charge in [-0.3, -0.25) is 0 Å². The van der Waals surface area contributed by atoms with Gasteiger partial charge in [-0.15, -0.1) is 0 Å². The smallest absolute Gasteiger partial charge is 0.246 e. The number of rotatable bonds is 2. The third kappa shape index (κ3) is 2.19. The summed E-state index contributed by atoms with van der Waals surface area (Å²) in [5.74, 6) is 0.734. The molecule has 0 aliphatic heterocycles. The summed E-state index contributed by atoms with van der Waals surface area (Å²) in [6.07, 6.45) is 4.67. The van der Waals surface area contributed by atoms with Crippen LogP contribution in [0.3, 0.4) is 0 Å². The van der Waals surface area contributed by atoms with E-state index in [9.17, 15) is 0 Å². The number of hydrogen-bond acceptors (Lipinski definition) is 5. The molecular formula is C17H15N5O. The van der Waals surface area contributed by atoms with Crippen LogP contribution in [0.25, 0.3) is 28.3 Å². The third-order valence-electron chi connectivity index (χ3n) is 3.84. The molecule has 0 atom stereocenters. The summed E-state index contributed by atoms with van der Waals surface area (Å²) in [6, 6.07) is 6.20. The Morgan fingerprint density at radius 2 is 1.74 bits per heavy atom. The van der Waals surface area contributed by atoms with Gasteiger partial charge in [-0.1, -0.05) is 17.7 Å². The first-order chi connectivity index (χ1) is 11.1. The zero-order valence-electron chi connectivity index (χ0n) is 13.1. The second-order valence-electron chi connectivity index (χ2n) is 5.64. The van der Waals surface area contributed by atoms with Gasteiger partial charge in [0, 0.05) is 11.8 Å². The molecule has 4 aromatic rings.